The zero-order chi connectivity index (χ0) is 12.8. The van der Waals surface area contributed by atoms with Crippen molar-refractivity contribution in [3.63, 3.8) is 0 Å². The lowest BCUT2D eigenvalue weighted by atomic mass is 10.3. The van der Waals surface area contributed by atoms with Gasteiger partial charge in [-0.15, -0.1) is 0 Å². The highest BCUT2D eigenvalue weighted by Crippen LogP contribution is 2.13. The summed E-state index contributed by atoms with van der Waals surface area (Å²) in [6.45, 7) is 5.76. The molecule has 17 heavy (non-hydrogen) atoms. The Bertz CT molecular complexity index is 377. The van der Waals surface area contributed by atoms with Gasteiger partial charge in [-0.05, 0) is 19.9 Å². The lowest BCUT2D eigenvalue weighted by Crippen LogP contribution is -2.38. The highest BCUT2D eigenvalue weighted by Gasteiger charge is 2.12. The lowest BCUT2D eigenvalue weighted by Gasteiger charge is -2.24. The smallest absolute Gasteiger partial charge is 0.242 e. The highest BCUT2D eigenvalue weighted by atomic mass is 16.2. The van der Waals surface area contributed by atoms with Crippen molar-refractivity contribution in [1.29, 1.82) is 0 Å². The first-order chi connectivity index (χ1) is 8.08. The van der Waals surface area contributed by atoms with E-state index in [-0.39, 0.29) is 5.91 Å². The molecule has 0 radical (unpaired) electrons. The molecule has 0 spiro atoms. The number of pyridine rings is 1. The number of aromatic nitrogens is 1. The Morgan fingerprint density at radius 2 is 2.00 bits per heavy atom. The van der Waals surface area contributed by atoms with E-state index in [1.54, 1.807) is 17.3 Å². The molecule has 0 aliphatic carbocycles. The molecule has 0 saturated heterocycles. The second-order valence-corrected chi connectivity index (χ2v) is 3.90. The lowest BCUT2D eigenvalue weighted by molar-refractivity contribution is -0.129. The summed E-state index contributed by atoms with van der Waals surface area (Å²) in [6.07, 6.45) is 3.29. The van der Waals surface area contributed by atoms with Gasteiger partial charge in [0.05, 0.1) is 24.1 Å². The maximum Gasteiger partial charge on any atom is 0.242 e. The number of rotatable bonds is 5. The van der Waals surface area contributed by atoms with Crippen molar-refractivity contribution in [3.05, 3.63) is 18.5 Å². The van der Waals surface area contributed by atoms with E-state index in [4.69, 9.17) is 5.73 Å². The summed E-state index contributed by atoms with van der Waals surface area (Å²) in [7, 11) is 1.86. The average molecular weight is 236 g/mol. The van der Waals surface area contributed by atoms with Gasteiger partial charge in [0, 0.05) is 26.3 Å². The minimum atomic E-state index is 0.111. The Morgan fingerprint density at radius 3 is 2.53 bits per heavy atom. The number of nitrogens with two attached hydrogens (primary N) is 1. The SMILES string of the molecule is CCN(CC)C(=O)CN(C)c1cncc(N)c1. The third-order valence-corrected chi connectivity index (χ3v) is 2.67. The minimum Gasteiger partial charge on any atom is -0.397 e. The summed E-state index contributed by atoms with van der Waals surface area (Å²) in [4.78, 5) is 19.6. The van der Waals surface area contributed by atoms with Gasteiger partial charge in [-0.3, -0.25) is 9.78 Å². The Hall–Kier alpha value is -1.78. The van der Waals surface area contributed by atoms with Gasteiger partial charge in [-0.1, -0.05) is 0 Å². The van der Waals surface area contributed by atoms with Crippen LogP contribution < -0.4 is 10.6 Å². The second-order valence-electron chi connectivity index (χ2n) is 3.90. The van der Waals surface area contributed by atoms with E-state index in [1.165, 1.54) is 0 Å². The zero-order valence-electron chi connectivity index (χ0n) is 10.7. The standard InChI is InChI=1S/C12H20N4O/c1-4-16(5-2)12(17)9-15(3)11-6-10(13)7-14-8-11/h6-8H,4-5,9,13H2,1-3H3. The number of nitrogen functional groups attached to an aromatic ring is 1. The number of likely N-dealkylation sites (N-methyl/N-ethyl adjacent to an activating group) is 2. The predicted molar refractivity (Wildman–Crippen MR) is 69.8 cm³/mol. The molecule has 94 valence electrons. The Kier molecular flexibility index (Phi) is 4.75. The largest absolute Gasteiger partial charge is 0.397 e. The molecular weight excluding hydrogens is 216 g/mol. The first-order valence-electron chi connectivity index (χ1n) is 5.77. The Morgan fingerprint density at radius 1 is 1.35 bits per heavy atom. The highest BCUT2D eigenvalue weighted by molar-refractivity contribution is 5.81. The summed E-state index contributed by atoms with van der Waals surface area (Å²) in [6, 6.07) is 1.81. The van der Waals surface area contributed by atoms with Crippen molar-refractivity contribution in [1.82, 2.24) is 9.88 Å². The molecular formula is C12H20N4O. The molecule has 0 atom stereocenters. The van der Waals surface area contributed by atoms with Crippen molar-refractivity contribution >= 4 is 17.3 Å². The molecule has 0 unspecified atom stereocenters. The molecule has 0 bridgehead atoms. The molecule has 1 amide bonds. The Balaban J connectivity index is 2.66. The van der Waals surface area contributed by atoms with Gasteiger partial charge < -0.3 is 15.5 Å². The van der Waals surface area contributed by atoms with Crippen LogP contribution in [0.25, 0.3) is 0 Å². The van der Waals surface area contributed by atoms with Crippen molar-refractivity contribution in [2.24, 2.45) is 0 Å². The molecule has 1 aromatic heterocycles. The topological polar surface area (TPSA) is 62.5 Å². The number of amides is 1. The van der Waals surface area contributed by atoms with E-state index in [0.717, 1.165) is 18.8 Å². The van der Waals surface area contributed by atoms with Crippen molar-refractivity contribution < 1.29 is 4.79 Å². The minimum absolute atomic E-state index is 0.111. The maximum atomic E-state index is 11.9. The molecule has 0 fully saturated rings. The second kappa shape index (κ2) is 6.08. The van der Waals surface area contributed by atoms with Crippen LogP contribution in [0.4, 0.5) is 11.4 Å². The predicted octanol–water partition coefficient (Wildman–Crippen LogP) is 0.968. The number of nitrogens with zero attached hydrogens (tertiary/aromatic N) is 3. The third-order valence-electron chi connectivity index (χ3n) is 2.67. The molecule has 0 saturated carbocycles. The van der Waals surface area contributed by atoms with Crippen LogP contribution in [-0.4, -0.2) is 42.5 Å². The number of anilines is 2. The summed E-state index contributed by atoms with van der Waals surface area (Å²) in [5.41, 5.74) is 7.11. The van der Waals surface area contributed by atoms with Gasteiger partial charge >= 0.3 is 0 Å². The fourth-order valence-corrected chi connectivity index (χ4v) is 1.62. The molecule has 0 aliphatic heterocycles. The summed E-state index contributed by atoms with van der Waals surface area (Å²) in [5, 5.41) is 0. The van der Waals surface area contributed by atoms with E-state index in [1.807, 2.05) is 31.9 Å². The average Bonchev–Trinajstić information content (AvgIpc) is 2.30. The van der Waals surface area contributed by atoms with Crippen LogP contribution in [0.2, 0.25) is 0 Å². The molecule has 0 aliphatic rings. The van der Waals surface area contributed by atoms with Gasteiger partial charge in [0.1, 0.15) is 0 Å². The summed E-state index contributed by atoms with van der Waals surface area (Å²) >= 11 is 0. The van der Waals surface area contributed by atoms with E-state index < -0.39 is 0 Å². The molecule has 2 N–H and O–H groups in total. The van der Waals surface area contributed by atoms with Gasteiger partial charge in [0.15, 0.2) is 0 Å². The number of carbonyl (C=O) groups is 1. The summed E-state index contributed by atoms with van der Waals surface area (Å²) in [5.74, 6) is 0.111. The van der Waals surface area contributed by atoms with Crippen LogP contribution in [-0.2, 0) is 4.79 Å². The summed E-state index contributed by atoms with van der Waals surface area (Å²) < 4.78 is 0. The zero-order valence-corrected chi connectivity index (χ0v) is 10.7. The molecule has 1 aromatic rings. The van der Waals surface area contributed by atoms with Gasteiger partial charge in [0.25, 0.3) is 0 Å². The molecule has 5 heteroatoms. The normalized spacial score (nSPS) is 10.1. The fourth-order valence-electron chi connectivity index (χ4n) is 1.62. The van der Waals surface area contributed by atoms with Gasteiger partial charge in [-0.2, -0.15) is 0 Å². The quantitative estimate of drug-likeness (QED) is 0.827. The van der Waals surface area contributed by atoms with Crippen LogP contribution in [0.15, 0.2) is 18.5 Å². The monoisotopic (exact) mass is 236 g/mol. The van der Waals surface area contributed by atoms with E-state index in [0.29, 0.717) is 12.2 Å². The van der Waals surface area contributed by atoms with Gasteiger partial charge in [0.2, 0.25) is 5.91 Å². The van der Waals surface area contributed by atoms with Crippen molar-refractivity contribution in [2.75, 3.05) is 37.3 Å². The van der Waals surface area contributed by atoms with E-state index >= 15 is 0 Å². The van der Waals surface area contributed by atoms with Gasteiger partial charge in [-0.25, -0.2) is 0 Å². The van der Waals surface area contributed by atoms with Crippen LogP contribution in [0.3, 0.4) is 0 Å². The molecule has 0 aromatic carbocycles. The molecule has 1 rings (SSSR count). The third kappa shape index (κ3) is 3.62. The van der Waals surface area contributed by atoms with Crippen LogP contribution >= 0.6 is 0 Å². The fraction of sp³-hybridized carbons (Fsp3) is 0.500. The molecule has 5 nitrogen and oxygen atoms in total. The molecule has 1 heterocycles. The van der Waals surface area contributed by atoms with Crippen LogP contribution in [0.1, 0.15) is 13.8 Å². The van der Waals surface area contributed by atoms with Crippen molar-refractivity contribution in [2.45, 2.75) is 13.8 Å². The number of hydrogen-bond acceptors (Lipinski definition) is 4. The maximum absolute atomic E-state index is 11.9. The van der Waals surface area contributed by atoms with E-state index in [2.05, 4.69) is 4.98 Å². The Labute approximate surface area is 102 Å². The van der Waals surface area contributed by atoms with Crippen molar-refractivity contribution in [3.8, 4) is 0 Å². The number of carbonyl (C=O) groups excluding carboxylic acids is 1. The van der Waals surface area contributed by atoms with Crippen LogP contribution in [0.5, 0.6) is 0 Å². The van der Waals surface area contributed by atoms with E-state index in [9.17, 15) is 4.79 Å². The first-order valence-corrected chi connectivity index (χ1v) is 5.77. The van der Waals surface area contributed by atoms with Crippen LogP contribution in [0, 0.1) is 0 Å². The first kappa shape index (κ1) is 13.3. The number of hydrogen-bond donors (Lipinski definition) is 1.